The lowest BCUT2D eigenvalue weighted by molar-refractivity contribution is -0.128. The monoisotopic (exact) mass is 328 g/mol. The number of carbonyl (C=O) groups excluding carboxylic acids is 2. The van der Waals surface area contributed by atoms with Crippen LogP contribution in [0.25, 0.3) is 0 Å². The van der Waals surface area contributed by atoms with Crippen LogP contribution < -0.4 is 5.32 Å². The summed E-state index contributed by atoms with van der Waals surface area (Å²) in [5, 5.41) is 3.06. The second kappa shape index (κ2) is 8.32. The van der Waals surface area contributed by atoms with Crippen molar-refractivity contribution in [2.75, 3.05) is 13.1 Å². The van der Waals surface area contributed by atoms with E-state index in [1.165, 1.54) is 32.1 Å². The summed E-state index contributed by atoms with van der Waals surface area (Å²) in [7, 11) is 0. The molecule has 1 N–H and O–H groups in total. The number of amides is 2. The maximum atomic E-state index is 12.2. The van der Waals surface area contributed by atoms with E-state index >= 15 is 0 Å². The molecule has 24 heavy (non-hydrogen) atoms. The Balaban J connectivity index is 1.40. The van der Waals surface area contributed by atoms with Crippen LogP contribution in [0.4, 0.5) is 0 Å². The van der Waals surface area contributed by atoms with Gasteiger partial charge in [-0.1, -0.05) is 49.6 Å². The van der Waals surface area contributed by atoms with Crippen LogP contribution in [0.1, 0.15) is 50.5 Å². The van der Waals surface area contributed by atoms with Gasteiger partial charge in [-0.05, 0) is 24.3 Å². The third-order valence-corrected chi connectivity index (χ3v) is 5.30. The zero-order chi connectivity index (χ0) is 16.8. The van der Waals surface area contributed by atoms with Gasteiger partial charge in [-0.2, -0.15) is 0 Å². The molecule has 0 bridgehead atoms. The zero-order valence-corrected chi connectivity index (χ0v) is 14.4. The van der Waals surface area contributed by atoms with E-state index in [-0.39, 0.29) is 17.7 Å². The fourth-order valence-corrected chi connectivity index (χ4v) is 3.93. The first-order valence-electron chi connectivity index (χ1n) is 9.29. The Morgan fingerprint density at radius 3 is 2.58 bits per heavy atom. The summed E-state index contributed by atoms with van der Waals surface area (Å²) in [6.45, 7) is 2.05. The van der Waals surface area contributed by atoms with Crippen molar-refractivity contribution in [3.8, 4) is 0 Å². The Bertz CT molecular complexity index is 552. The number of nitrogens with zero attached hydrogens (tertiary/aromatic N) is 1. The summed E-state index contributed by atoms with van der Waals surface area (Å²) in [5.74, 6) is 1.18. The molecule has 1 saturated heterocycles. The summed E-state index contributed by atoms with van der Waals surface area (Å²) in [5.41, 5.74) is 1.16. The molecule has 0 radical (unpaired) electrons. The zero-order valence-electron chi connectivity index (χ0n) is 14.4. The lowest BCUT2D eigenvalue weighted by atomic mass is 9.87. The van der Waals surface area contributed by atoms with Gasteiger partial charge in [-0.3, -0.25) is 9.59 Å². The van der Waals surface area contributed by atoms with Crippen molar-refractivity contribution >= 4 is 11.8 Å². The third-order valence-electron chi connectivity index (χ3n) is 5.30. The van der Waals surface area contributed by atoms with Crippen molar-refractivity contribution in [1.82, 2.24) is 10.2 Å². The van der Waals surface area contributed by atoms with Crippen LogP contribution in [0.2, 0.25) is 0 Å². The van der Waals surface area contributed by atoms with Gasteiger partial charge in [0.05, 0.1) is 0 Å². The minimum absolute atomic E-state index is 0.163. The van der Waals surface area contributed by atoms with Crippen LogP contribution in [0.15, 0.2) is 30.3 Å². The minimum atomic E-state index is 0.163. The molecule has 2 amide bonds. The van der Waals surface area contributed by atoms with Gasteiger partial charge in [0.1, 0.15) is 0 Å². The van der Waals surface area contributed by atoms with Crippen LogP contribution in [0, 0.1) is 11.8 Å². The van der Waals surface area contributed by atoms with Crippen molar-refractivity contribution < 1.29 is 9.59 Å². The standard InChI is InChI=1S/C20H28N2O2/c23-19(11-16-7-3-1-4-8-16)21-13-18-12-20(24)22(15-18)14-17-9-5-2-6-10-17/h2,5-6,9-10,16,18H,1,3-4,7-8,11-15H2,(H,21,23). The Hall–Kier alpha value is -1.84. The van der Waals surface area contributed by atoms with Gasteiger partial charge in [-0.25, -0.2) is 0 Å². The number of hydrogen-bond acceptors (Lipinski definition) is 2. The molecule has 1 heterocycles. The van der Waals surface area contributed by atoms with Crippen LogP contribution >= 0.6 is 0 Å². The molecule has 1 aromatic rings. The molecule has 4 heteroatoms. The van der Waals surface area contributed by atoms with Crippen LogP contribution in [0.5, 0.6) is 0 Å². The molecular weight excluding hydrogens is 300 g/mol. The molecule has 2 fully saturated rings. The molecule has 4 nitrogen and oxygen atoms in total. The highest BCUT2D eigenvalue weighted by molar-refractivity contribution is 5.79. The van der Waals surface area contributed by atoms with Crippen molar-refractivity contribution in [2.24, 2.45) is 11.8 Å². The van der Waals surface area contributed by atoms with Gasteiger partial charge >= 0.3 is 0 Å². The van der Waals surface area contributed by atoms with Gasteiger partial charge in [0, 0.05) is 38.4 Å². The van der Waals surface area contributed by atoms with E-state index in [9.17, 15) is 9.59 Å². The highest BCUT2D eigenvalue weighted by atomic mass is 16.2. The maximum absolute atomic E-state index is 12.2. The molecule has 1 atom stereocenters. The molecule has 0 spiro atoms. The average Bonchev–Trinajstić information content (AvgIpc) is 2.95. The van der Waals surface area contributed by atoms with E-state index in [0.29, 0.717) is 31.8 Å². The Kier molecular flexibility index (Phi) is 5.89. The van der Waals surface area contributed by atoms with Crippen molar-refractivity contribution in [3.05, 3.63) is 35.9 Å². The molecule has 3 rings (SSSR count). The molecule has 130 valence electrons. The summed E-state index contributed by atoms with van der Waals surface area (Å²) in [6, 6.07) is 10.1. The van der Waals surface area contributed by atoms with Gasteiger partial charge in [0.25, 0.3) is 0 Å². The van der Waals surface area contributed by atoms with E-state index in [1.54, 1.807) is 0 Å². The van der Waals surface area contributed by atoms with Crippen LogP contribution in [-0.4, -0.2) is 29.8 Å². The number of carbonyl (C=O) groups is 2. The van der Waals surface area contributed by atoms with Crippen LogP contribution in [0.3, 0.4) is 0 Å². The largest absolute Gasteiger partial charge is 0.356 e. The SMILES string of the molecule is O=C(CC1CCCCC1)NCC1CC(=O)N(Cc2ccccc2)C1. The van der Waals surface area contributed by atoms with Crippen molar-refractivity contribution in [2.45, 2.75) is 51.5 Å². The Morgan fingerprint density at radius 1 is 1.08 bits per heavy atom. The van der Waals surface area contributed by atoms with Gasteiger partial charge < -0.3 is 10.2 Å². The highest BCUT2D eigenvalue weighted by Crippen LogP contribution is 2.26. The number of benzene rings is 1. The smallest absolute Gasteiger partial charge is 0.223 e. The molecule has 1 aliphatic heterocycles. The molecule has 1 aromatic carbocycles. The summed E-state index contributed by atoms with van der Waals surface area (Å²) < 4.78 is 0. The topological polar surface area (TPSA) is 49.4 Å². The van der Waals surface area contributed by atoms with Crippen molar-refractivity contribution in [1.29, 1.82) is 0 Å². The van der Waals surface area contributed by atoms with E-state index < -0.39 is 0 Å². The fraction of sp³-hybridized carbons (Fsp3) is 0.600. The van der Waals surface area contributed by atoms with Crippen molar-refractivity contribution in [3.63, 3.8) is 0 Å². The summed E-state index contributed by atoms with van der Waals surface area (Å²) in [4.78, 5) is 26.2. The average molecular weight is 328 g/mol. The van der Waals surface area contributed by atoms with E-state index in [4.69, 9.17) is 0 Å². The minimum Gasteiger partial charge on any atom is -0.356 e. The van der Waals surface area contributed by atoms with E-state index in [2.05, 4.69) is 5.32 Å². The first kappa shape index (κ1) is 17.0. The fourth-order valence-electron chi connectivity index (χ4n) is 3.93. The lowest BCUT2D eigenvalue weighted by Crippen LogP contribution is -2.32. The summed E-state index contributed by atoms with van der Waals surface area (Å²) >= 11 is 0. The molecule has 1 unspecified atom stereocenters. The van der Waals surface area contributed by atoms with Gasteiger partial charge in [-0.15, -0.1) is 0 Å². The highest BCUT2D eigenvalue weighted by Gasteiger charge is 2.29. The Morgan fingerprint density at radius 2 is 1.83 bits per heavy atom. The first-order valence-corrected chi connectivity index (χ1v) is 9.29. The van der Waals surface area contributed by atoms with E-state index in [0.717, 1.165) is 12.1 Å². The predicted molar refractivity (Wildman–Crippen MR) is 94.2 cm³/mol. The van der Waals surface area contributed by atoms with E-state index in [1.807, 2.05) is 35.2 Å². The number of rotatable bonds is 6. The molecule has 0 aromatic heterocycles. The normalized spacial score (nSPS) is 21.9. The molecule has 1 aliphatic carbocycles. The number of likely N-dealkylation sites (tertiary alicyclic amines) is 1. The second-order valence-electron chi connectivity index (χ2n) is 7.34. The second-order valence-corrected chi connectivity index (χ2v) is 7.34. The van der Waals surface area contributed by atoms with Gasteiger partial charge in [0.15, 0.2) is 0 Å². The first-order chi connectivity index (χ1) is 11.7. The Labute approximate surface area is 144 Å². The van der Waals surface area contributed by atoms with Crippen LogP contribution in [-0.2, 0) is 16.1 Å². The predicted octanol–water partition coefficient (Wildman–Crippen LogP) is 3.12. The maximum Gasteiger partial charge on any atom is 0.223 e. The number of hydrogen-bond donors (Lipinski definition) is 1. The summed E-state index contributed by atoms with van der Waals surface area (Å²) in [6.07, 6.45) is 7.46. The third kappa shape index (κ3) is 4.83. The van der Waals surface area contributed by atoms with Gasteiger partial charge in [0.2, 0.25) is 11.8 Å². The molecular formula is C20H28N2O2. The quantitative estimate of drug-likeness (QED) is 0.872. The molecule has 2 aliphatic rings. The molecule has 1 saturated carbocycles. The lowest BCUT2D eigenvalue weighted by Gasteiger charge is -2.21. The number of nitrogens with one attached hydrogen (secondary N) is 1.